The van der Waals surface area contributed by atoms with Gasteiger partial charge in [0.1, 0.15) is 4.34 Å². The zero-order valence-corrected chi connectivity index (χ0v) is 15.4. The van der Waals surface area contributed by atoms with Crippen molar-refractivity contribution in [2.45, 2.75) is 23.4 Å². The molecule has 0 saturated carbocycles. The Morgan fingerprint density at radius 2 is 2.09 bits per heavy atom. The highest BCUT2D eigenvalue weighted by molar-refractivity contribution is 8.00. The summed E-state index contributed by atoms with van der Waals surface area (Å²) in [6, 6.07) is 7.84. The summed E-state index contributed by atoms with van der Waals surface area (Å²) in [5, 5.41) is 2.06. The minimum Gasteiger partial charge on any atom is -0.385 e. The summed E-state index contributed by atoms with van der Waals surface area (Å²) < 4.78 is 6.10. The molecule has 124 valence electrons. The van der Waals surface area contributed by atoms with E-state index >= 15 is 0 Å². The van der Waals surface area contributed by atoms with Crippen molar-refractivity contribution in [1.29, 1.82) is 0 Å². The first-order valence-corrected chi connectivity index (χ1v) is 9.35. The molecule has 0 aliphatic heterocycles. The Labute approximate surface area is 145 Å². The lowest BCUT2D eigenvalue weighted by atomic mass is 10.1. The summed E-state index contributed by atoms with van der Waals surface area (Å²) in [5.41, 5.74) is 2.99. The van der Waals surface area contributed by atoms with Gasteiger partial charge in [-0.2, -0.15) is 0 Å². The Morgan fingerprint density at radius 3 is 2.70 bits per heavy atom. The van der Waals surface area contributed by atoms with Gasteiger partial charge in [0.25, 0.3) is 5.91 Å². The molecule has 1 aromatic heterocycles. The second-order valence-corrected chi connectivity index (χ2v) is 7.39. The van der Waals surface area contributed by atoms with Gasteiger partial charge >= 0.3 is 0 Å². The van der Waals surface area contributed by atoms with E-state index in [0.29, 0.717) is 13.2 Å². The van der Waals surface area contributed by atoms with Crippen LogP contribution in [0.1, 0.15) is 28.0 Å². The van der Waals surface area contributed by atoms with Crippen molar-refractivity contribution < 1.29 is 9.53 Å². The predicted molar refractivity (Wildman–Crippen MR) is 96.3 cm³/mol. The largest absolute Gasteiger partial charge is 0.385 e. The minimum absolute atomic E-state index is 0.0517. The third-order valence-electron chi connectivity index (χ3n) is 3.35. The molecule has 1 aromatic carbocycles. The number of ether oxygens (including phenoxy) is 1. The zero-order chi connectivity index (χ0) is 16.7. The highest BCUT2D eigenvalue weighted by Gasteiger charge is 2.11. The first-order chi connectivity index (χ1) is 11.1. The number of hydrogen-bond donors (Lipinski definition) is 0. The van der Waals surface area contributed by atoms with E-state index in [0.717, 1.165) is 27.8 Å². The van der Waals surface area contributed by atoms with Gasteiger partial charge in [-0.1, -0.05) is 23.9 Å². The van der Waals surface area contributed by atoms with Crippen molar-refractivity contribution in [2.75, 3.05) is 27.3 Å². The Morgan fingerprint density at radius 1 is 1.35 bits per heavy atom. The average molecular weight is 351 g/mol. The number of amides is 1. The number of methoxy groups -OCH3 is 1. The summed E-state index contributed by atoms with van der Waals surface area (Å²) in [5.74, 6) is 0.918. The van der Waals surface area contributed by atoms with Crippen LogP contribution in [0.25, 0.3) is 0 Å². The molecule has 2 rings (SSSR count). The molecule has 23 heavy (non-hydrogen) atoms. The number of thiazole rings is 1. The number of rotatable bonds is 8. The van der Waals surface area contributed by atoms with Crippen LogP contribution in [-0.4, -0.2) is 43.1 Å². The van der Waals surface area contributed by atoms with Crippen molar-refractivity contribution in [3.63, 3.8) is 0 Å². The van der Waals surface area contributed by atoms with E-state index in [1.165, 1.54) is 5.56 Å². The second-order valence-electron chi connectivity index (χ2n) is 5.31. The molecule has 0 aliphatic carbocycles. The van der Waals surface area contributed by atoms with Gasteiger partial charge < -0.3 is 9.64 Å². The molecule has 1 heterocycles. The van der Waals surface area contributed by atoms with E-state index in [1.807, 2.05) is 38.2 Å². The van der Waals surface area contributed by atoms with Crippen LogP contribution in [0.2, 0.25) is 0 Å². The van der Waals surface area contributed by atoms with Gasteiger partial charge in [-0.25, -0.2) is 4.98 Å². The fourth-order valence-corrected chi connectivity index (χ4v) is 3.86. The molecule has 0 unspecified atom stereocenters. The number of hydrogen-bond acceptors (Lipinski definition) is 5. The second kappa shape index (κ2) is 9.05. The van der Waals surface area contributed by atoms with Crippen molar-refractivity contribution in [3.05, 3.63) is 46.5 Å². The molecule has 4 nitrogen and oxygen atoms in total. The fraction of sp³-hybridized carbons (Fsp3) is 0.412. The van der Waals surface area contributed by atoms with Crippen LogP contribution in [-0.2, 0) is 10.5 Å². The number of carbonyl (C=O) groups is 1. The van der Waals surface area contributed by atoms with E-state index in [-0.39, 0.29) is 5.91 Å². The van der Waals surface area contributed by atoms with Crippen LogP contribution in [0, 0.1) is 6.92 Å². The molecule has 0 saturated heterocycles. The van der Waals surface area contributed by atoms with Gasteiger partial charge in [0.15, 0.2) is 0 Å². The third kappa shape index (κ3) is 5.64. The van der Waals surface area contributed by atoms with E-state index < -0.39 is 0 Å². The smallest absolute Gasteiger partial charge is 0.253 e. The molecule has 0 aliphatic rings. The van der Waals surface area contributed by atoms with Crippen LogP contribution in [0.5, 0.6) is 0 Å². The van der Waals surface area contributed by atoms with Crippen LogP contribution in [0.15, 0.2) is 34.0 Å². The quantitative estimate of drug-likeness (QED) is 0.536. The lowest BCUT2D eigenvalue weighted by molar-refractivity contribution is 0.0779. The van der Waals surface area contributed by atoms with E-state index in [9.17, 15) is 4.79 Å². The van der Waals surface area contributed by atoms with Crippen LogP contribution in [0.4, 0.5) is 0 Å². The highest BCUT2D eigenvalue weighted by Crippen LogP contribution is 2.26. The third-order valence-corrected chi connectivity index (χ3v) is 5.56. The maximum Gasteiger partial charge on any atom is 0.253 e. The first kappa shape index (κ1) is 18.0. The van der Waals surface area contributed by atoms with Crippen molar-refractivity contribution in [1.82, 2.24) is 9.88 Å². The summed E-state index contributed by atoms with van der Waals surface area (Å²) in [6.07, 6.45) is 0.848. The lowest BCUT2D eigenvalue weighted by Gasteiger charge is -2.17. The van der Waals surface area contributed by atoms with Crippen LogP contribution >= 0.6 is 23.1 Å². The van der Waals surface area contributed by atoms with Crippen molar-refractivity contribution in [2.24, 2.45) is 0 Å². The number of aryl methyl sites for hydroxylation is 1. The van der Waals surface area contributed by atoms with Gasteiger partial charge in [-0.3, -0.25) is 4.79 Å². The van der Waals surface area contributed by atoms with Crippen molar-refractivity contribution >= 4 is 29.0 Å². The molecule has 0 bridgehead atoms. The fourth-order valence-electron chi connectivity index (χ4n) is 2.06. The molecule has 0 radical (unpaired) electrons. The summed E-state index contributed by atoms with van der Waals surface area (Å²) in [4.78, 5) is 18.5. The number of aromatic nitrogens is 1. The van der Waals surface area contributed by atoms with Crippen molar-refractivity contribution in [3.8, 4) is 0 Å². The monoisotopic (exact) mass is 350 g/mol. The molecule has 0 atom stereocenters. The van der Waals surface area contributed by atoms with Gasteiger partial charge in [0, 0.05) is 49.7 Å². The molecule has 0 spiro atoms. The maximum absolute atomic E-state index is 12.3. The van der Waals surface area contributed by atoms with E-state index in [4.69, 9.17) is 4.74 Å². The predicted octanol–water partition coefficient (Wildman–Crippen LogP) is 3.85. The van der Waals surface area contributed by atoms with Gasteiger partial charge in [-0.05, 0) is 31.0 Å². The molecule has 0 N–H and O–H groups in total. The average Bonchev–Trinajstić information content (AvgIpc) is 2.98. The molecular weight excluding hydrogens is 328 g/mol. The molecule has 6 heteroatoms. The SMILES string of the molecule is COCCCN(C)C(=O)c1ccc(CSc2nc(C)cs2)cc1. The number of benzene rings is 1. The molecule has 2 aromatic rings. The maximum atomic E-state index is 12.3. The summed E-state index contributed by atoms with van der Waals surface area (Å²) in [6.45, 7) is 3.38. The number of nitrogens with zero attached hydrogens (tertiary/aromatic N) is 2. The minimum atomic E-state index is 0.0517. The highest BCUT2D eigenvalue weighted by atomic mass is 32.2. The van der Waals surface area contributed by atoms with Crippen LogP contribution < -0.4 is 0 Å². The van der Waals surface area contributed by atoms with Crippen LogP contribution in [0.3, 0.4) is 0 Å². The Bertz CT molecular complexity index is 626. The van der Waals surface area contributed by atoms with Gasteiger partial charge in [0.05, 0.1) is 0 Å². The molecular formula is C17H22N2O2S2. The van der Waals surface area contributed by atoms with E-state index in [1.54, 1.807) is 35.1 Å². The Kier molecular flexibility index (Phi) is 7.08. The molecule has 0 fully saturated rings. The number of carbonyl (C=O) groups excluding carboxylic acids is 1. The number of thioether (sulfide) groups is 1. The Balaban J connectivity index is 1.86. The normalized spacial score (nSPS) is 10.7. The van der Waals surface area contributed by atoms with Gasteiger partial charge in [0.2, 0.25) is 0 Å². The lowest BCUT2D eigenvalue weighted by Crippen LogP contribution is -2.28. The van der Waals surface area contributed by atoms with Gasteiger partial charge in [-0.15, -0.1) is 11.3 Å². The Hall–Kier alpha value is -1.37. The van der Waals surface area contributed by atoms with E-state index in [2.05, 4.69) is 10.4 Å². The standard InChI is InChI=1S/C17H22N2O2S2/c1-13-11-22-17(18-13)23-12-14-5-7-15(8-6-14)16(20)19(2)9-4-10-21-3/h5-8,11H,4,9-10,12H2,1-3H3. The first-order valence-electron chi connectivity index (χ1n) is 7.48. The summed E-state index contributed by atoms with van der Waals surface area (Å²) >= 11 is 3.40. The topological polar surface area (TPSA) is 42.4 Å². The zero-order valence-electron chi connectivity index (χ0n) is 13.7. The summed E-state index contributed by atoms with van der Waals surface area (Å²) in [7, 11) is 3.50. The molecule has 1 amide bonds.